The van der Waals surface area contributed by atoms with Crippen molar-refractivity contribution in [3.63, 3.8) is 0 Å². The lowest BCUT2D eigenvalue weighted by Crippen LogP contribution is -2.36. The zero-order chi connectivity index (χ0) is 19.4. The molecule has 5 nitrogen and oxygen atoms in total. The third kappa shape index (κ3) is 4.72. The molecule has 2 aromatic rings. The molecular formula is C19H15FN2O3S2. The van der Waals surface area contributed by atoms with E-state index in [-0.39, 0.29) is 24.2 Å². The summed E-state index contributed by atoms with van der Waals surface area (Å²) in [7, 11) is 1.56. The minimum atomic E-state index is -0.362. The molecule has 3 rings (SSSR count). The van der Waals surface area contributed by atoms with Gasteiger partial charge in [0.1, 0.15) is 22.4 Å². The lowest BCUT2D eigenvalue weighted by atomic mass is 10.2. The van der Waals surface area contributed by atoms with Crippen molar-refractivity contribution in [1.29, 1.82) is 0 Å². The lowest BCUT2D eigenvalue weighted by Gasteiger charge is -2.14. The SMILES string of the molecule is COc1ccc(NC(=O)CN2C(=O)/C(=C/c3ccc(F)cc3)SC2=S)cc1. The van der Waals surface area contributed by atoms with E-state index < -0.39 is 0 Å². The first-order valence-corrected chi connectivity index (χ1v) is 9.13. The van der Waals surface area contributed by atoms with E-state index in [9.17, 15) is 14.0 Å². The Bertz CT molecular complexity index is 912. The van der Waals surface area contributed by atoms with Crippen LogP contribution in [0, 0.1) is 5.82 Å². The van der Waals surface area contributed by atoms with Crippen LogP contribution in [0.1, 0.15) is 5.56 Å². The molecule has 1 aliphatic heterocycles. The molecule has 1 saturated heterocycles. The fourth-order valence-electron chi connectivity index (χ4n) is 2.37. The van der Waals surface area contributed by atoms with Gasteiger partial charge in [-0.1, -0.05) is 36.1 Å². The van der Waals surface area contributed by atoms with Crippen LogP contribution in [-0.2, 0) is 9.59 Å². The van der Waals surface area contributed by atoms with Crippen molar-refractivity contribution in [2.75, 3.05) is 19.0 Å². The largest absolute Gasteiger partial charge is 0.497 e. The van der Waals surface area contributed by atoms with Gasteiger partial charge in [0.2, 0.25) is 5.91 Å². The van der Waals surface area contributed by atoms with Crippen LogP contribution >= 0.6 is 24.0 Å². The summed E-state index contributed by atoms with van der Waals surface area (Å²) >= 11 is 6.33. The van der Waals surface area contributed by atoms with E-state index in [0.717, 1.165) is 11.8 Å². The van der Waals surface area contributed by atoms with Crippen molar-refractivity contribution in [2.24, 2.45) is 0 Å². The molecule has 27 heavy (non-hydrogen) atoms. The number of rotatable bonds is 5. The van der Waals surface area contributed by atoms with Crippen LogP contribution in [-0.4, -0.2) is 34.7 Å². The van der Waals surface area contributed by atoms with Crippen LogP contribution in [0.25, 0.3) is 6.08 Å². The first-order chi connectivity index (χ1) is 13.0. The number of thioether (sulfide) groups is 1. The van der Waals surface area contributed by atoms with Crippen LogP contribution in [0.2, 0.25) is 0 Å². The molecule has 1 fully saturated rings. The van der Waals surface area contributed by atoms with Gasteiger partial charge in [0.15, 0.2) is 0 Å². The molecule has 0 aliphatic carbocycles. The lowest BCUT2D eigenvalue weighted by molar-refractivity contribution is -0.126. The first kappa shape index (κ1) is 19.1. The summed E-state index contributed by atoms with van der Waals surface area (Å²) in [5.74, 6) is -0.385. The van der Waals surface area contributed by atoms with E-state index in [1.807, 2.05) is 0 Å². The summed E-state index contributed by atoms with van der Waals surface area (Å²) in [6.07, 6.45) is 1.63. The van der Waals surface area contributed by atoms with Crippen molar-refractivity contribution in [1.82, 2.24) is 4.90 Å². The van der Waals surface area contributed by atoms with Crippen molar-refractivity contribution in [3.8, 4) is 5.75 Å². The smallest absolute Gasteiger partial charge is 0.266 e. The molecule has 0 unspecified atom stereocenters. The molecule has 2 aromatic carbocycles. The van der Waals surface area contributed by atoms with Crippen molar-refractivity contribution in [3.05, 3.63) is 64.8 Å². The number of anilines is 1. The number of nitrogens with zero attached hydrogens (tertiary/aromatic N) is 1. The van der Waals surface area contributed by atoms with Crippen molar-refractivity contribution >= 4 is 51.9 Å². The molecule has 0 bridgehead atoms. The van der Waals surface area contributed by atoms with Gasteiger partial charge in [0.25, 0.3) is 5.91 Å². The summed E-state index contributed by atoms with van der Waals surface area (Å²) in [6, 6.07) is 12.6. The summed E-state index contributed by atoms with van der Waals surface area (Å²) in [6.45, 7) is -0.183. The molecule has 0 aromatic heterocycles. The number of hydrogen-bond donors (Lipinski definition) is 1. The minimum absolute atomic E-state index is 0.183. The van der Waals surface area contributed by atoms with Crippen molar-refractivity contribution in [2.45, 2.75) is 0 Å². The molecule has 1 N–H and O–H groups in total. The van der Waals surface area contributed by atoms with E-state index in [1.54, 1.807) is 49.6 Å². The van der Waals surface area contributed by atoms with Crippen LogP contribution in [0.5, 0.6) is 5.75 Å². The quantitative estimate of drug-likeness (QED) is 0.611. The van der Waals surface area contributed by atoms with Gasteiger partial charge >= 0.3 is 0 Å². The third-order valence-corrected chi connectivity index (χ3v) is 5.09. The van der Waals surface area contributed by atoms with Gasteiger partial charge in [-0.25, -0.2) is 4.39 Å². The molecular weight excluding hydrogens is 387 g/mol. The molecule has 0 radical (unpaired) electrons. The normalized spacial score (nSPS) is 15.3. The number of ether oxygens (including phenoxy) is 1. The topological polar surface area (TPSA) is 58.6 Å². The van der Waals surface area contributed by atoms with E-state index in [4.69, 9.17) is 17.0 Å². The Balaban J connectivity index is 1.65. The Morgan fingerprint density at radius 2 is 1.89 bits per heavy atom. The Morgan fingerprint density at radius 3 is 2.52 bits per heavy atom. The number of nitrogens with one attached hydrogen (secondary N) is 1. The standard InChI is InChI=1S/C19H15FN2O3S2/c1-25-15-8-6-14(7-9-15)21-17(23)11-22-18(24)16(27-19(22)26)10-12-2-4-13(20)5-3-12/h2-10H,11H2,1H3,(H,21,23)/b16-10-. The summed E-state index contributed by atoms with van der Waals surface area (Å²) < 4.78 is 18.4. The number of benzene rings is 2. The second-order valence-corrected chi connectivity index (χ2v) is 7.27. The fourth-order valence-corrected chi connectivity index (χ4v) is 3.62. The van der Waals surface area contributed by atoms with Crippen LogP contribution < -0.4 is 10.1 Å². The number of halogens is 1. The van der Waals surface area contributed by atoms with Gasteiger partial charge in [-0.15, -0.1) is 0 Å². The molecule has 1 aliphatic rings. The number of methoxy groups -OCH3 is 1. The number of amides is 2. The first-order valence-electron chi connectivity index (χ1n) is 7.91. The van der Waals surface area contributed by atoms with Crippen LogP contribution in [0.3, 0.4) is 0 Å². The van der Waals surface area contributed by atoms with E-state index in [2.05, 4.69) is 5.32 Å². The second kappa shape index (κ2) is 8.32. The second-order valence-electron chi connectivity index (χ2n) is 5.60. The average molecular weight is 402 g/mol. The monoisotopic (exact) mass is 402 g/mol. The van der Waals surface area contributed by atoms with Gasteiger partial charge in [-0.2, -0.15) is 0 Å². The number of carbonyl (C=O) groups excluding carboxylic acids is 2. The van der Waals surface area contributed by atoms with Gasteiger partial charge in [0.05, 0.1) is 12.0 Å². The highest BCUT2D eigenvalue weighted by Crippen LogP contribution is 2.32. The minimum Gasteiger partial charge on any atom is -0.497 e. The molecule has 0 spiro atoms. The third-order valence-electron chi connectivity index (χ3n) is 3.72. The number of thiocarbonyl (C=S) groups is 1. The Kier molecular flexibility index (Phi) is 5.88. The summed E-state index contributed by atoms with van der Waals surface area (Å²) in [4.78, 5) is 26.4. The summed E-state index contributed by atoms with van der Waals surface area (Å²) in [5.41, 5.74) is 1.27. The highest BCUT2D eigenvalue weighted by molar-refractivity contribution is 8.26. The van der Waals surface area contributed by atoms with E-state index in [1.165, 1.54) is 17.0 Å². The maximum absolute atomic E-state index is 13.0. The fraction of sp³-hybridized carbons (Fsp3) is 0.105. The van der Waals surface area contributed by atoms with Crippen LogP contribution in [0.4, 0.5) is 10.1 Å². The zero-order valence-electron chi connectivity index (χ0n) is 14.3. The number of hydrogen-bond acceptors (Lipinski definition) is 5. The molecule has 1 heterocycles. The Labute approximate surface area is 165 Å². The highest BCUT2D eigenvalue weighted by Gasteiger charge is 2.33. The Morgan fingerprint density at radius 1 is 1.22 bits per heavy atom. The molecule has 0 atom stereocenters. The molecule has 8 heteroatoms. The maximum Gasteiger partial charge on any atom is 0.266 e. The summed E-state index contributed by atoms with van der Waals surface area (Å²) in [5, 5.41) is 2.71. The van der Waals surface area contributed by atoms with Crippen LogP contribution in [0.15, 0.2) is 53.4 Å². The predicted molar refractivity (Wildman–Crippen MR) is 108 cm³/mol. The highest BCUT2D eigenvalue weighted by atomic mass is 32.2. The zero-order valence-corrected chi connectivity index (χ0v) is 15.9. The van der Waals surface area contributed by atoms with E-state index >= 15 is 0 Å². The van der Waals surface area contributed by atoms with Gasteiger partial charge in [0, 0.05) is 5.69 Å². The van der Waals surface area contributed by atoms with Gasteiger partial charge in [-0.3, -0.25) is 14.5 Å². The predicted octanol–water partition coefficient (Wildman–Crippen LogP) is 3.67. The van der Waals surface area contributed by atoms with Crippen molar-refractivity contribution < 1.29 is 18.7 Å². The maximum atomic E-state index is 13.0. The van der Waals surface area contributed by atoms with E-state index in [0.29, 0.717) is 26.2 Å². The average Bonchev–Trinajstić information content (AvgIpc) is 2.91. The molecule has 0 saturated carbocycles. The van der Waals surface area contributed by atoms with Gasteiger partial charge < -0.3 is 10.1 Å². The van der Waals surface area contributed by atoms with Gasteiger partial charge in [-0.05, 0) is 48.0 Å². The Hall–Kier alpha value is -2.71. The molecule has 138 valence electrons. The number of carbonyl (C=O) groups is 2. The molecule has 2 amide bonds.